The van der Waals surface area contributed by atoms with Crippen LogP contribution in [0.4, 0.5) is 0 Å². The van der Waals surface area contributed by atoms with Gasteiger partial charge in [0.1, 0.15) is 0 Å². The molecule has 1 rings (SSSR count). The summed E-state index contributed by atoms with van der Waals surface area (Å²) in [6.07, 6.45) is 0. The summed E-state index contributed by atoms with van der Waals surface area (Å²) in [6.45, 7) is 2.18. The van der Waals surface area contributed by atoms with Crippen molar-refractivity contribution in [1.82, 2.24) is 0 Å². The van der Waals surface area contributed by atoms with Crippen LogP contribution in [-0.4, -0.2) is 16.0 Å². The third-order valence-corrected chi connectivity index (χ3v) is 1.91. The molecule has 1 aromatic carbocycles. The van der Waals surface area contributed by atoms with Crippen LogP contribution in [0, 0.1) is 0 Å². The molecule has 0 aliphatic carbocycles. The SMILES string of the molecule is CC([SeH])c1ccccc1. The number of benzene rings is 1. The van der Waals surface area contributed by atoms with Crippen LogP contribution in [0.3, 0.4) is 0 Å². The minimum atomic E-state index is 0.596. The summed E-state index contributed by atoms with van der Waals surface area (Å²) in [6, 6.07) is 10.5. The van der Waals surface area contributed by atoms with Gasteiger partial charge in [0.2, 0.25) is 0 Å². The molecule has 0 nitrogen and oxygen atoms in total. The molecule has 1 unspecified atom stereocenters. The van der Waals surface area contributed by atoms with E-state index in [4.69, 9.17) is 0 Å². The summed E-state index contributed by atoms with van der Waals surface area (Å²) in [5.41, 5.74) is 1.39. The van der Waals surface area contributed by atoms with Crippen molar-refractivity contribution >= 4 is 16.0 Å². The zero-order chi connectivity index (χ0) is 6.69. The van der Waals surface area contributed by atoms with E-state index >= 15 is 0 Å². The van der Waals surface area contributed by atoms with Crippen LogP contribution in [0.25, 0.3) is 0 Å². The second kappa shape index (κ2) is 3.05. The van der Waals surface area contributed by atoms with E-state index in [1.165, 1.54) is 5.56 Å². The minimum absolute atomic E-state index is 0.596. The summed E-state index contributed by atoms with van der Waals surface area (Å²) in [5.74, 6) is 0. The van der Waals surface area contributed by atoms with Gasteiger partial charge in [0.15, 0.2) is 0 Å². The van der Waals surface area contributed by atoms with Gasteiger partial charge in [0.25, 0.3) is 0 Å². The van der Waals surface area contributed by atoms with Gasteiger partial charge >= 0.3 is 63.6 Å². The fourth-order valence-corrected chi connectivity index (χ4v) is 1.09. The summed E-state index contributed by atoms with van der Waals surface area (Å²) < 4.78 is 0. The van der Waals surface area contributed by atoms with Gasteiger partial charge in [-0.3, -0.25) is 0 Å². The Kier molecular flexibility index (Phi) is 2.32. The van der Waals surface area contributed by atoms with Gasteiger partial charge in [-0.2, -0.15) is 0 Å². The van der Waals surface area contributed by atoms with Crippen molar-refractivity contribution in [3.8, 4) is 0 Å². The third kappa shape index (κ3) is 1.85. The van der Waals surface area contributed by atoms with Crippen LogP contribution in [0.2, 0.25) is 0 Å². The Morgan fingerprint density at radius 3 is 2.11 bits per heavy atom. The number of hydrogen-bond donors (Lipinski definition) is 0. The molecular weight excluding hydrogens is 175 g/mol. The second-order valence-corrected chi connectivity index (χ2v) is 3.71. The van der Waals surface area contributed by atoms with Gasteiger partial charge in [-0.05, 0) is 0 Å². The molecule has 0 aliphatic rings. The molecule has 0 bridgehead atoms. The third-order valence-electron chi connectivity index (χ3n) is 1.28. The number of hydrogen-bond acceptors (Lipinski definition) is 0. The molecule has 0 fully saturated rings. The molecule has 9 heavy (non-hydrogen) atoms. The fraction of sp³-hybridized carbons (Fsp3) is 0.250. The van der Waals surface area contributed by atoms with Crippen molar-refractivity contribution in [2.45, 2.75) is 11.7 Å². The van der Waals surface area contributed by atoms with Gasteiger partial charge in [-0.25, -0.2) is 0 Å². The molecule has 1 aromatic rings. The fourth-order valence-electron chi connectivity index (χ4n) is 0.732. The molecule has 48 valence electrons. The first-order valence-corrected chi connectivity index (χ1v) is 4.12. The van der Waals surface area contributed by atoms with Crippen LogP contribution in [-0.2, 0) is 0 Å². The Morgan fingerprint density at radius 1 is 1.22 bits per heavy atom. The van der Waals surface area contributed by atoms with E-state index in [1.807, 2.05) is 6.07 Å². The zero-order valence-electron chi connectivity index (χ0n) is 5.41. The molecule has 0 amide bonds. The molecule has 0 aliphatic heterocycles. The number of rotatable bonds is 1. The standard InChI is InChI=1S/C8H10Se/c1-7(9)8-5-3-2-4-6-8/h2-7,9H,1H3. The molecule has 0 saturated heterocycles. The molecule has 0 spiro atoms. The first-order chi connectivity index (χ1) is 4.30. The van der Waals surface area contributed by atoms with Crippen LogP contribution in [0.5, 0.6) is 0 Å². The van der Waals surface area contributed by atoms with Crippen LogP contribution in [0.15, 0.2) is 30.3 Å². The molecular formula is C8H10Se. The Labute approximate surface area is 64.1 Å². The molecule has 0 saturated carbocycles. The zero-order valence-corrected chi connectivity index (χ0v) is 7.29. The quantitative estimate of drug-likeness (QED) is 0.583. The van der Waals surface area contributed by atoms with E-state index in [9.17, 15) is 0 Å². The first-order valence-electron chi connectivity index (χ1n) is 3.03. The Hall–Kier alpha value is -0.261. The first kappa shape index (κ1) is 6.85. The van der Waals surface area contributed by atoms with E-state index in [1.54, 1.807) is 0 Å². The predicted octanol–water partition coefficient (Wildman–Crippen LogP) is 1.65. The van der Waals surface area contributed by atoms with Crippen LogP contribution in [0.1, 0.15) is 17.3 Å². The second-order valence-electron chi connectivity index (χ2n) is 2.09. The van der Waals surface area contributed by atoms with Gasteiger partial charge in [-0.15, -0.1) is 0 Å². The van der Waals surface area contributed by atoms with Gasteiger partial charge < -0.3 is 0 Å². The van der Waals surface area contributed by atoms with E-state index in [-0.39, 0.29) is 0 Å². The maximum absolute atomic E-state index is 2.63. The Morgan fingerprint density at radius 2 is 1.78 bits per heavy atom. The molecule has 0 N–H and O–H groups in total. The van der Waals surface area contributed by atoms with Crippen molar-refractivity contribution in [2.75, 3.05) is 0 Å². The van der Waals surface area contributed by atoms with Gasteiger partial charge in [0.05, 0.1) is 0 Å². The van der Waals surface area contributed by atoms with E-state index in [0.717, 1.165) is 0 Å². The van der Waals surface area contributed by atoms with Crippen molar-refractivity contribution in [3.05, 3.63) is 35.9 Å². The maximum atomic E-state index is 2.63. The van der Waals surface area contributed by atoms with Crippen LogP contribution >= 0.6 is 0 Å². The molecule has 0 heterocycles. The molecule has 0 radical (unpaired) electrons. The average Bonchev–Trinajstić information content (AvgIpc) is 1.90. The molecule has 0 aromatic heterocycles. The topological polar surface area (TPSA) is 0 Å². The Bertz CT molecular complexity index is 167. The molecule has 1 heteroatoms. The van der Waals surface area contributed by atoms with Crippen molar-refractivity contribution < 1.29 is 0 Å². The van der Waals surface area contributed by atoms with Crippen molar-refractivity contribution in [3.63, 3.8) is 0 Å². The van der Waals surface area contributed by atoms with Gasteiger partial charge in [0, 0.05) is 0 Å². The van der Waals surface area contributed by atoms with E-state index in [2.05, 4.69) is 47.2 Å². The molecule has 1 atom stereocenters. The van der Waals surface area contributed by atoms with E-state index in [0.29, 0.717) is 4.82 Å². The van der Waals surface area contributed by atoms with Gasteiger partial charge in [-0.1, -0.05) is 0 Å². The Balaban J connectivity index is 2.85. The van der Waals surface area contributed by atoms with E-state index < -0.39 is 0 Å². The summed E-state index contributed by atoms with van der Waals surface area (Å²) in [4.78, 5) is 0.596. The van der Waals surface area contributed by atoms with Crippen molar-refractivity contribution in [1.29, 1.82) is 0 Å². The van der Waals surface area contributed by atoms with Crippen molar-refractivity contribution in [2.24, 2.45) is 0 Å². The normalized spacial score (nSPS) is 13.1. The summed E-state index contributed by atoms with van der Waals surface area (Å²) in [5, 5.41) is 0. The predicted molar refractivity (Wildman–Crippen MR) is 42.0 cm³/mol. The summed E-state index contributed by atoms with van der Waals surface area (Å²) >= 11 is 2.63. The summed E-state index contributed by atoms with van der Waals surface area (Å²) in [7, 11) is 0. The average molecular weight is 185 g/mol. The van der Waals surface area contributed by atoms with Crippen LogP contribution < -0.4 is 0 Å². The monoisotopic (exact) mass is 186 g/mol.